The Balaban J connectivity index is 2.20. The van der Waals surface area contributed by atoms with Gasteiger partial charge in [0, 0.05) is 6.42 Å². The Labute approximate surface area is 172 Å². The molecule has 0 aliphatic carbocycles. The van der Waals surface area contributed by atoms with Crippen molar-refractivity contribution in [1.29, 1.82) is 0 Å². The minimum absolute atomic E-state index is 0.0206. The molecule has 0 heterocycles. The standard InChI is InChI=1S/C20H20Cl2N2O4/c1-11(23)17(25)8-7-16(20(27)28)24-19(26)18-14(21)9-13(10-15(18)22)12-5-3-2-4-6-12/h2-6,9-11,16H,7-8,23H2,1H3,(H,24,26)(H,27,28)/t11-,16-/m0/s1. The molecule has 6 nitrogen and oxygen atoms in total. The zero-order valence-corrected chi connectivity index (χ0v) is 16.6. The number of carboxylic acids is 1. The molecule has 0 aliphatic rings. The number of ketones is 1. The molecule has 0 radical (unpaired) electrons. The van der Waals surface area contributed by atoms with E-state index in [1.165, 1.54) is 6.92 Å². The highest BCUT2D eigenvalue weighted by Gasteiger charge is 2.25. The van der Waals surface area contributed by atoms with Crippen LogP contribution in [-0.2, 0) is 9.59 Å². The largest absolute Gasteiger partial charge is 0.480 e. The second-order valence-electron chi connectivity index (χ2n) is 6.34. The monoisotopic (exact) mass is 422 g/mol. The van der Waals surface area contributed by atoms with Gasteiger partial charge in [-0.05, 0) is 36.6 Å². The quantitative estimate of drug-likeness (QED) is 0.602. The molecule has 1 amide bonds. The van der Waals surface area contributed by atoms with Crippen LogP contribution < -0.4 is 11.1 Å². The third kappa shape index (κ3) is 5.55. The van der Waals surface area contributed by atoms with Crippen LogP contribution in [0.4, 0.5) is 0 Å². The molecule has 8 heteroatoms. The number of halogens is 2. The van der Waals surface area contributed by atoms with E-state index in [0.29, 0.717) is 0 Å². The van der Waals surface area contributed by atoms with Crippen molar-refractivity contribution in [2.45, 2.75) is 31.8 Å². The maximum Gasteiger partial charge on any atom is 0.326 e. The molecule has 0 aromatic heterocycles. The number of rotatable bonds is 8. The van der Waals surface area contributed by atoms with Crippen LogP contribution >= 0.6 is 23.2 Å². The summed E-state index contributed by atoms with van der Waals surface area (Å²) < 4.78 is 0. The molecule has 0 unspecified atom stereocenters. The summed E-state index contributed by atoms with van der Waals surface area (Å²) in [5.41, 5.74) is 7.05. The first kappa shape index (κ1) is 21.9. The number of carboxylic acid groups (broad SMARTS) is 1. The number of hydrogen-bond donors (Lipinski definition) is 3. The number of aliphatic carboxylic acids is 1. The van der Waals surface area contributed by atoms with Crippen LogP contribution in [0.15, 0.2) is 42.5 Å². The molecule has 0 aliphatic heterocycles. The van der Waals surface area contributed by atoms with Gasteiger partial charge in [0.2, 0.25) is 0 Å². The molecule has 0 spiro atoms. The molecule has 2 aromatic carbocycles. The van der Waals surface area contributed by atoms with Crippen molar-refractivity contribution in [2.24, 2.45) is 5.73 Å². The molecule has 148 valence electrons. The maximum atomic E-state index is 12.6. The first-order valence-corrected chi connectivity index (χ1v) is 9.32. The fourth-order valence-electron chi connectivity index (χ4n) is 2.59. The lowest BCUT2D eigenvalue weighted by atomic mass is 10.0. The predicted molar refractivity (Wildman–Crippen MR) is 109 cm³/mol. The van der Waals surface area contributed by atoms with Gasteiger partial charge in [-0.2, -0.15) is 0 Å². The van der Waals surface area contributed by atoms with Gasteiger partial charge < -0.3 is 16.2 Å². The van der Waals surface area contributed by atoms with E-state index >= 15 is 0 Å². The van der Waals surface area contributed by atoms with Crippen LogP contribution in [-0.4, -0.2) is 34.8 Å². The topological polar surface area (TPSA) is 109 Å². The summed E-state index contributed by atoms with van der Waals surface area (Å²) in [5, 5.41) is 11.9. The minimum Gasteiger partial charge on any atom is -0.480 e. The Morgan fingerprint density at radius 1 is 1.07 bits per heavy atom. The van der Waals surface area contributed by atoms with E-state index < -0.39 is 24.0 Å². The molecule has 2 atom stereocenters. The third-order valence-electron chi connectivity index (χ3n) is 4.17. The summed E-state index contributed by atoms with van der Waals surface area (Å²) in [6, 6.07) is 10.6. The molecule has 0 saturated carbocycles. The van der Waals surface area contributed by atoms with Gasteiger partial charge >= 0.3 is 5.97 Å². The lowest BCUT2D eigenvalue weighted by Crippen LogP contribution is -2.42. The van der Waals surface area contributed by atoms with Crippen molar-refractivity contribution in [1.82, 2.24) is 5.32 Å². The third-order valence-corrected chi connectivity index (χ3v) is 4.76. The van der Waals surface area contributed by atoms with Gasteiger partial charge in [0.25, 0.3) is 5.91 Å². The molecular formula is C20H20Cl2N2O4. The van der Waals surface area contributed by atoms with Crippen LogP contribution in [0.2, 0.25) is 10.0 Å². The average molecular weight is 423 g/mol. The van der Waals surface area contributed by atoms with E-state index in [-0.39, 0.29) is 34.2 Å². The Morgan fingerprint density at radius 3 is 2.14 bits per heavy atom. The SMILES string of the molecule is C[C@H](N)C(=O)CC[C@H](NC(=O)c1c(Cl)cc(-c2ccccc2)cc1Cl)C(=O)O. The summed E-state index contributed by atoms with van der Waals surface area (Å²) in [5.74, 6) is -2.28. The zero-order chi connectivity index (χ0) is 20.8. The van der Waals surface area contributed by atoms with Crippen molar-refractivity contribution in [3.05, 3.63) is 58.1 Å². The van der Waals surface area contributed by atoms with Gasteiger partial charge in [-0.3, -0.25) is 9.59 Å². The Morgan fingerprint density at radius 2 is 1.64 bits per heavy atom. The van der Waals surface area contributed by atoms with Crippen molar-refractivity contribution >= 4 is 40.9 Å². The Bertz CT molecular complexity index is 862. The molecule has 2 rings (SSSR count). The van der Waals surface area contributed by atoms with E-state index in [1.807, 2.05) is 30.3 Å². The molecule has 0 bridgehead atoms. The zero-order valence-electron chi connectivity index (χ0n) is 15.1. The second kappa shape index (κ2) is 9.68. The summed E-state index contributed by atoms with van der Waals surface area (Å²) in [6.45, 7) is 1.52. The van der Waals surface area contributed by atoms with E-state index in [2.05, 4.69) is 5.32 Å². The van der Waals surface area contributed by atoms with E-state index in [9.17, 15) is 19.5 Å². The molecular weight excluding hydrogens is 403 g/mol. The van der Waals surface area contributed by atoms with Crippen LogP contribution in [0, 0.1) is 0 Å². The van der Waals surface area contributed by atoms with Crippen molar-refractivity contribution in [2.75, 3.05) is 0 Å². The minimum atomic E-state index is -1.27. The number of nitrogens with one attached hydrogen (secondary N) is 1. The number of Topliss-reactive ketones (excluding diaryl/α,β-unsaturated/α-hetero) is 1. The number of hydrogen-bond acceptors (Lipinski definition) is 4. The number of carbonyl (C=O) groups is 3. The van der Waals surface area contributed by atoms with Crippen molar-refractivity contribution in [3.63, 3.8) is 0 Å². The average Bonchev–Trinajstić information content (AvgIpc) is 2.64. The van der Waals surface area contributed by atoms with Gasteiger partial charge in [-0.1, -0.05) is 53.5 Å². The van der Waals surface area contributed by atoms with Crippen molar-refractivity contribution < 1.29 is 19.5 Å². The first-order valence-electron chi connectivity index (χ1n) is 8.57. The van der Waals surface area contributed by atoms with Gasteiger partial charge in [0.15, 0.2) is 0 Å². The second-order valence-corrected chi connectivity index (χ2v) is 7.15. The fourth-order valence-corrected chi connectivity index (χ4v) is 3.25. The Kier molecular flexibility index (Phi) is 7.57. The highest BCUT2D eigenvalue weighted by Crippen LogP contribution is 2.31. The van der Waals surface area contributed by atoms with Gasteiger partial charge in [-0.25, -0.2) is 4.79 Å². The molecule has 4 N–H and O–H groups in total. The number of amides is 1. The smallest absolute Gasteiger partial charge is 0.326 e. The normalized spacial score (nSPS) is 12.9. The van der Waals surface area contributed by atoms with Crippen LogP contribution in [0.5, 0.6) is 0 Å². The molecule has 28 heavy (non-hydrogen) atoms. The lowest BCUT2D eigenvalue weighted by Gasteiger charge is -2.16. The molecule has 0 saturated heterocycles. The Hall–Kier alpha value is -2.41. The summed E-state index contributed by atoms with van der Waals surface area (Å²) in [7, 11) is 0. The van der Waals surface area contributed by atoms with Gasteiger partial charge in [0.05, 0.1) is 21.7 Å². The summed E-state index contributed by atoms with van der Waals surface area (Å²) in [4.78, 5) is 35.6. The number of carbonyl (C=O) groups excluding carboxylic acids is 2. The van der Waals surface area contributed by atoms with Gasteiger partial charge in [-0.15, -0.1) is 0 Å². The highest BCUT2D eigenvalue weighted by atomic mass is 35.5. The predicted octanol–water partition coefficient (Wildman–Crippen LogP) is 3.54. The molecule has 2 aromatic rings. The van der Waals surface area contributed by atoms with Crippen LogP contribution in [0.25, 0.3) is 11.1 Å². The number of benzene rings is 2. The summed E-state index contributed by atoms with van der Waals surface area (Å²) in [6.07, 6.45) is -0.151. The highest BCUT2D eigenvalue weighted by molar-refractivity contribution is 6.40. The summed E-state index contributed by atoms with van der Waals surface area (Å²) >= 11 is 12.5. The van der Waals surface area contributed by atoms with E-state index in [4.69, 9.17) is 28.9 Å². The maximum absolute atomic E-state index is 12.6. The van der Waals surface area contributed by atoms with E-state index in [1.54, 1.807) is 12.1 Å². The van der Waals surface area contributed by atoms with Crippen LogP contribution in [0.1, 0.15) is 30.1 Å². The van der Waals surface area contributed by atoms with Crippen molar-refractivity contribution in [3.8, 4) is 11.1 Å². The van der Waals surface area contributed by atoms with E-state index in [0.717, 1.165) is 11.1 Å². The lowest BCUT2D eigenvalue weighted by molar-refractivity contribution is -0.139. The van der Waals surface area contributed by atoms with Crippen LogP contribution in [0.3, 0.4) is 0 Å². The molecule has 0 fully saturated rings. The van der Waals surface area contributed by atoms with Gasteiger partial charge in [0.1, 0.15) is 11.8 Å². The first-order chi connectivity index (χ1) is 13.2. The number of nitrogens with two attached hydrogens (primary N) is 1. The fraction of sp³-hybridized carbons (Fsp3) is 0.250.